The predicted octanol–water partition coefficient (Wildman–Crippen LogP) is 4.56. The van der Waals surface area contributed by atoms with Gasteiger partial charge in [0.05, 0.1) is 24.0 Å². The Morgan fingerprint density at radius 3 is 2.41 bits per heavy atom. The van der Waals surface area contributed by atoms with Gasteiger partial charge in [-0.2, -0.15) is 0 Å². The van der Waals surface area contributed by atoms with Crippen LogP contribution in [0, 0.1) is 23.7 Å². The summed E-state index contributed by atoms with van der Waals surface area (Å²) < 4.78 is 11.0. The molecule has 1 aliphatic rings. The molecule has 166 valence electrons. The summed E-state index contributed by atoms with van der Waals surface area (Å²) in [4.78, 5) is 28.9. The molecule has 0 spiro atoms. The molecular formula is C26H27NO5. The molecule has 6 heteroatoms. The van der Waals surface area contributed by atoms with Crippen molar-refractivity contribution in [1.82, 2.24) is 4.98 Å². The SMILES string of the molecule is COC(=O)[C@]1(Cc2ccc(OCc3cc(C)nc4ccccc34)cc2)[C@@H](C(=O)O)C1(C)C. The Bertz CT molecular complexity index is 1180. The van der Waals surface area contributed by atoms with Gasteiger partial charge in [-0.05, 0) is 48.6 Å². The first-order valence-corrected chi connectivity index (χ1v) is 10.6. The topological polar surface area (TPSA) is 85.7 Å². The van der Waals surface area contributed by atoms with Gasteiger partial charge in [-0.3, -0.25) is 14.6 Å². The molecule has 1 aliphatic carbocycles. The smallest absolute Gasteiger partial charge is 0.313 e. The molecule has 6 nitrogen and oxygen atoms in total. The Hall–Kier alpha value is -3.41. The number of hydrogen-bond acceptors (Lipinski definition) is 5. The van der Waals surface area contributed by atoms with E-state index in [0.29, 0.717) is 18.8 Å². The summed E-state index contributed by atoms with van der Waals surface area (Å²) in [5, 5.41) is 10.7. The third-order valence-corrected chi connectivity index (χ3v) is 6.81. The van der Waals surface area contributed by atoms with E-state index in [-0.39, 0.29) is 0 Å². The van der Waals surface area contributed by atoms with Crippen molar-refractivity contribution in [3.63, 3.8) is 0 Å². The van der Waals surface area contributed by atoms with E-state index >= 15 is 0 Å². The average molecular weight is 434 g/mol. The van der Waals surface area contributed by atoms with Gasteiger partial charge in [0, 0.05) is 16.6 Å². The quantitative estimate of drug-likeness (QED) is 0.550. The fraction of sp³-hybridized carbons (Fsp3) is 0.346. The van der Waals surface area contributed by atoms with Crippen molar-refractivity contribution in [1.29, 1.82) is 0 Å². The maximum absolute atomic E-state index is 12.6. The monoisotopic (exact) mass is 433 g/mol. The van der Waals surface area contributed by atoms with Crippen molar-refractivity contribution < 1.29 is 24.2 Å². The lowest BCUT2D eigenvalue weighted by Crippen LogP contribution is -2.27. The minimum atomic E-state index is -1.07. The zero-order valence-electron chi connectivity index (χ0n) is 18.7. The lowest BCUT2D eigenvalue weighted by molar-refractivity contribution is -0.152. The van der Waals surface area contributed by atoms with Gasteiger partial charge in [-0.15, -0.1) is 0 Å². The van der Waals surface area contributed by atoms with Crippen molar-refractivity contribution in [3.8, 4) is 5.75 Å². The van der Waals surface area contributed by atoms with Gasteiger partial charge in [0.2, 0.25) is 0 Å². The van der Waals surface area contributed by atoms with Gasteiger partial charge in [-0.25, -0.2) is 0 Å². The number of methoxy groups -OCH3 is 1. The first-order chi connectivity index (χ1) is 15.2. The number of rotatable bonds is 7. The third kappa shape index (κ3) is 3.49. The number of ether oxygens (including phenoxy) is 2. The highest BCUT2D eigenvalue weighted by atomic mass is 16.5. The Morgan fingerprint density at radius 2 is 1.78 bits per heavy atom. The second-order valence-corrected chi connectivity index (χ2v) is 9.01. The number of carboxylic acids is 1. The molecule has 1 saturated carbocycles. The normalized spacial score (nSPS) is 21.2. The number of aryl methyl sites for hydroxylation is 1. The van der Waals surface area contributed by atoms with E-state index in [1.54, 1.807) is 13.8 Å². The van der Waals surface area contributed by atoms with Gasteiger partial charge >= 0.3 is 11.9 Å². The molecule has 0 bridgehead atoms. The molecule has 1 fully saturated rings. The van der Waals surface area contributed by atoms with Crippen LogP contribution in [0.25, 0.3) is 10.9 Å². The van der Waals surface area contributed by atoms with Crippen LogP contribution >= 0.6 is 0 Å². The Morgan fingerprint density at radius 1 is 1.09 bits per heavy atom. The van der Waals surface area contributed by atoms with Gasteiger partial charge in [-0.1, -0.05) is 44.2 Å². The number of para-hydroxylation sites is 1. The highest BCUT2D eigenvalue weighted by Gasteiger charge is 2.79. The number of nitrogens with zero attached hydrogens (tertiary/aromatic N) is 1. The predicted molar refractivity (Wildman–Crippen MR) is 120 cm³/mol. The van der Waals surface area contributed by atoms with E-state index in [2.05, 4.69) is 4.98 Å². The van der Waals surface area contributed by atoms with E-state index in [1.165, 1.54) is 7.11 Å². The van der Waals surface area contributed by atoms with Gasteiger partial charge in [0.25, 0.3) is 0 Å². The van der Waals surface area contributed by atoms with Crippen LogP contribution in [-0.2, 0) is 27.4 Å². The minimum absolute atomic E-state index is 0.304. The summed E-state index contributed by atoms with van der Waals surface area (Å²) in [5.41, 5.74) is 2.06. The number of benzene rings is 2. The van der Waals surface area contributed by atoms with E-state index in [0.717, 1.165) is 27.7 Å². The largest absolute Gasteiger partial charge is 0.489 e. The maximum Gasteiger partial charge on any atom is 0.313 e. The van der Waals surface area contributed by atoms with Crippen LogP contribution in [0.3, 0.4) is 0 Å². The number of esters is 1. The van der Waals surface area contributed by atoms with Gasteiger partial charge < -0.3 is 14.6 Å². The number of hydrogen-bond donors (Lipinski definition) is 1. The van der Waals surface area contributed by atoms with Crippen LogP contribution in [0.2, 0.25) is 0 Å². The summed E-state index contributed by atoms with van der Waals surface area (Å²) in [5.74, 6) is -1.53. The summed E-state index contributed by atoms with van der Waals surface area (Å²) in [6, 6.07) is 17.5. The van der Waals surface area contributed by atoms with Crippen molar-refractivity contribution >= 4 is 22.8 Å². The summed E-state index contributed by atoms with van der Waals surface area (Å²) in [7, 11) is 1.30. The lowest BCUT2D eigenvalue weighted by Gasteiger charge is -2.18. The Kier molecular flexibility index (Phi) is 5.41. The van der Waals surface area contributed by atoms with Crippen LogP contribution in [0.5, 0.6) is 5.75 Å². The van der Waals surface area contributed by atoms with Crippen molar-refractivity contribution in [2.75, 3.05) is 7.11 Å². The highest BCUT2D eigenvalue weighted by Crippen LogP contribution is 2.70. The number of pyridine rings is 1. The summed E-state index contributed by atoms with van der Waals surface area (Å²) >= 11 is 0. The molecule has 2 aromatic carbocycles. The number of carbonyl (C=O) groups excluding carboxylic acids is 1. The second-order valence-electron chi connectivity index (χ2n) is 9.01. The lowest BCUT2D eigenvalue weighted by atomic mass is 9.88. The van der Waals surface area contributed by atoms with Crippen molar-refractivity contribution in [3.05, 3.63) is 71.4 Å². The molecular weight excluding hydrogens is 406 g/mol. The summed E-state index contributed by atoms with van der Waals surface area (Å²) in [6.07, 6.45) is 0.304. The summed E-state index contributed by atoms with van der Waals surface area (Å²) in [6.45, 7) is 5.98. The second kappa shape index (κ2) is 7.93. The average Bonchev–Trinajstić information content (AvgIpc) is 3.27. The maximum atomic E-state index is 12.6. The van der Waals surface area contributed by atoms with Crippen LogP contribution < -0.4 is 4.74 Å². The Balaban J connectivity index is 1.51. The molecule has 4 rings (SSSR count). The molecule has 0 unspecified atom stereocenters. The van der Waals surface area contributed by atoms with Crippen molar-refractivity contribution in [2.24, 2.45) is 16.7 Å². The van der Waals surface area contributed by atoms with Crippen molar-refractivity contribution in [2.45, 2.75) is 33.8 Å². The number of aliphatic carboxylic acids is 1. The number of aromatic nitrogens is 1. The fourth-order valence-corrected chi connectivity index (χ4v) is 5.04. The molecule has 1 aromatic heterocycles. The number of fused-ring (bicyclic) bond motifs is 1. The molecule has 1 N–H and O–H groups in total. The number of carboxylic acid groups (broad SMARTS) is 1. The molecule has 2 atom stereocenters. The molecule has 32 heavy (non-hydrogen) atoms. The zero-order valence-corrected chi connectivity index (χ0v) is 18.7. The first-order valence-electron chi connectivity index (χ1n) is 10.6. The minimum Gasteiger partial charge on any atom is -0.489 e. The molecule has 0 aliphatic heterocycles. The van der Waals surface area contributed by atoms with E-state index < -0.39 is 28.7 Å². The zero-order chi connectivity index (χ0) is 23.1. The van der Waals surface area contributed by atoms with Crippen LogP contribution in [-0.4, -0.2) is 29.1 Å². The standard InChI is InChI=1S/C26H27NO5/c1-16-13-18(20-7-5-6-8-21(20)27-16)15-32-19-11-9-17(10-12-19)14-26(24(30)31-4)22(23(28)29)25(26,2)3/h5-13,22H,14-15H2,1-4H3,(H,28,29)/t22-,26-/m0/s1. The molecule has 3 aromatic rings. The molecule has 0 amide bonds. The van der Waals surface area contributed by atoms with Gasteiger partial charge in [0.15, 0.2) is 0 Å². The highest BCUT2D eigenvalue weighted by molar-refractivity contribution is 5.93. The molecule has 0 radical (unpaired) electrons. The van der Waals surface area contributed by atoms with E-state index in [9.17, 15) is 14.7 Å². The van der Waals surface area contributed by atoms with Crippen LogP contribution in [0.1, 0.15) is 30.7 Å². The van der Waals surface area contributed by atoms with Crippen LogP contribution in [0.4, 0.5) is 0 Å². The van der Waals surface area contributed by atoms with E-state index in [1.807, 2.05) is 61.5 Å². The molecule has 0 saturated heterocycles. The number of carbonyl (C=O) groups is 2. The fourth-order valence-electron chi connectivity index (χ4n) is 5.04. The van der Waals surface area contributed by atoms with Crippen LogP contribution in [0.15, 0.2) is 54.6 Å². The Labute approximate surface area is 187 Å². The third-order valence-electron chi connectivity index (χ3n) is 6.81. The molecule has 1 heterocycles. The van der Waals surface area contributed by atoms with E-state index in [4.69, 9.17) is 9.47 Å². The van der Waals surface area contributed by atoms with Gasteiger partial charge in [0.1, 0.15) is 12.4 Å². The first kappa shape index (κ1) is 21.8.